The second-order valence-corrected chi connectivity index (χ2v) is 7.47. The molecule has 0 aromatic rings. The Bertz CT molecular complexity index is 559. The minimum atomic E-state index is -0.798. The second kappa shape index (κ2) is 6.34. The second-order valence-electron chi connectivity index (χ2n) is 7.47. The number of likely N-dealkylation sites (tertiary alicyclic amines) is 1. The molecule has 1 N–H and O–H groups in total. The van der Waals surface area contributed by atoms with E-state index in [-0.39, 0.29) is 24.8 Å². The first-order valence-electron chi connectivity index (χ1n) is 8.78. The molecule has 132 valence electrons. The van der Waals surface area contributed by atoms with Gasteiger partial charge in [0.15, 0.2) is 0 Å². The van der Waals surface area contributed by atoms with E-state index >= 15 is 0 Å². The van der Waals surface area contributed by atoms with Crippen LogP contribution in [0.1, 0.15) is 38.5 Å². The van der Waals surface area contributed by atoms with Crippen molar-refractivity contribution in [3.63, 3.8) is 0 Å². The number of nitrogens with zero attached hydrogens (tertiary/aromatic N) is 4. The SMILES string of the molecule is CN1CCN(CC#N)C(=O)C12CCN(C(=O)CC1(O)CCC1)CC2. The molecule has 0 radical (unpaired) electrons. The fraction of sp³-hybridized carbons (Fsp3) is 0.824. The summed E-state index contributed by atoms with van der Waals surface area (Å²) in [5, 5.41) is 19.1. The molecule has 24 heavy (non-hydrogen) atoms. The lowest BCUT2D eigenvalue weighted by Gasteiger charge is -2.51. The maximum absolute atomic E-state index is 12.9. The summed E-state index contributed by atoms with van der Waals surface area (Å²) in [5.41, 5.74) is -1.38. The lowest BCUT2D eigenvalue weighted by atomic mass is 9.77. The lowest BCUT2D eigenvalue weighted by molar-refractivity contribution is -0.157. The minimum Gasteiger partial charge on any atom is -0.389 e. The van der Waals surface area contributed by atoms with Crippen LogP contribution >= 0.6 is 0 Å². The molecule has 7 heteroatoms. The number of piperidine rings is 1. The van der Waals surface area contributed by atoms with Crippen molar-refractivity contribution in [2.45, 2.75) is 49.7 Å². The van der Waals surface area contributed by atoms with Gasteiger partial charge in [-0.2, -0.15) is 5.26 Å². The summed E-state index contributed by atoms with van der Waals surface area (Å²) in [6.07, 6.45) is 3.79. The molecule has 1 spiro atoms. The summed E-state index contributed by atoms with van der Waals surface area (Å²) in [4.78, 5) is 30.8. The molecule has 3 aliphatic rings. The summed E-state index contributed by atoms with van der Waals surface area (Å²) >= 11 is 0. The molecule has 1 saturated carbocycles. The molecule has 7 nitrogen and oxygen atoms in total. The number of carbonyl (C=O) groups is 2. The minimum absolute atomic E-state index is 0.00755. The molecule has 0 bridgehead atoms. The number of hydrogen-bond acceptors (Lipinski definition) is 5. The molecule has 0 aromatic carbocycles. The number of likely N-dealkylation sites (N-methyl/N-ethyl adjacent to an activating group) is 1. The van der Waals surface area contributed by atoms with Crippen molar-refractivity contribution < 1.29 is 14.7 Å². The van der Waals surface area contributed by atoms with Crippen molar-refractivity contribution in [2.24, 2.45) is 0 Å². The number of piperazine rings is 1. The first-order chi connectivity index (χ1) is 11.4. The Labute approximate surface area is 142 Å². The Morgan fingerprint density at radius 2 is 1.88 bits per heavy atom. The smallest absolute Gasteiger partial charge is 0.244 e. The number of nitriles is 1. The van der Waals surface area contributed by atoms with E-state index in [1.165, 1.54) is 0 Å². The van der Waals surface area contributed by atoms with Gasteiger partial charge in [-0.25, -0.2) is 0 Å². The van der Waals surface area contributed by atoms with Crippen molar-refractivity contribution >= 4 is 11.8 Å². The van der Waals surface area contributed by atoms with Crippen LogP contribution in [0.5, 0.6) is 0 Å². The predicted octanol–water partition coefficient (Wildman–Crippen LogP) is -0.0497. The van der Waals surface area contributed by atoms with E-state index in [9.17, 15) is 14.7 Å². The van der Waals surface area contributed by atoms with Crippen LogP contribution in [0.2, 0.25) is 0 Å². The quantitative estimate of drug-likeness (QED) is 0.731. The fourth-order valence-corrected chi connectivity index (χ4v) is 4.16. The van der Waals surface area contributed by atoms with Crippen molar-refractivity contribution in [2.75, 3.05) is 39.8 Å². The van der Waals surface area contributed by atoms with Gasteiger partial charge in [0.05, 0.1) is 18.1 Å². The van der Waals surface area contributed by atoms with Crippen LogP contribution in [-0.4, -0.2) is 82.5 Å². The van der Waals surface area contributed by atoms with E-state index in [0.29, 0.717) is 45.3 Å². The zero-order valence-corrected chi connectivity index (χ0v) is 14.3. The molecule has 3 rings (SSSR count). The van der Waals surface area contributed by atoms with E-state index in [1.807, 2.05) is 7.05 Å². The summed E-state index contributed by atoms with van der Waals surface area (Å²) in [7, 11) is 1.95. The Kier molecular flexibility index (Phi) is 4.54. The molecular formula is C17H26N4O3. The first kappa shape index (κ1) is 17.2. The van der Waals surface area contributed by atoms with Crippen molar-refractivity contribution in [1.82, 2.24) is 14.7 Å². The topological polar surface area (TPSA) is 87.9 Å². The number of rotatable bonds is 3. The zero-order valence-electron chi connectivity index (χ0n) is 14.3. The maximum atomic E-state index is 12.9. The van der Waals surface area contributed by atoms with Gasteiger partial charge < -0.3 is 14.9 Å². The number of carbonyl (C=O) groups excluding carboxylic acids is 2. The van der Waals surface area contributed by atoms with Gasteiger partial charge >= 0.3 is 0 Å². The van der Waals surface area contributed by atoms with Crippen LogP contribution in [0.4, 0.5) is 0 Å². The van der Waals surface area contributed by atoms with Crippen molar-refractivity contribution in [1.29, 1.82) is 5.26 Å². The molecule has 0 aromatic heterocycles. The maximum Gasteiger partial charge on any atom is 0.244 e. The predicted molar refractivity (Wildman–Crippen MR) is 86.8 cm³/mol. The van der Waals surface area contributed by atoms with Crippen molar-refractivity contribution in [3.8, 4) is 6.07 Å². The largest absolute Gasteiger partial charge is 0.389 e. The van der Waals surface area contributed by atoms with Gasteiger partial charge in [-0.1, -0.05) is 0 Å². The molecule has 2 saturated heterocycles. The molecule has 2 amide bonds. The van der Waals surface area contributed by atoms with Gasteiger partial charge in [0.2, 0.25) is 11.8 Å². The highest BCUT2D eigenvalue weighted by Crippen LogP contribution is 2.37. The third-order valence-electron chi connectivity index (χ3n) is 6.09. The van der Waals surface area contributed by atoms with Crippen LogP contribution in [0, 0.1) is 11.3 Å². The third kappa shape index (κ3) is 2.89. The van der Waals surface area contributed by atoms with Crippen LogP contribution in [0.15, 0.2) is 0 Å². The molecule has 2 aliphatic heterocycles. The highest BCUT2D eigenvalue weighted by Gasteiger charge is 2.50. The normalized spacial score (nSPS) is 26.1. The van der Waals surface area contributed by atoms with Crippen LogP contribution < -0.4 is 0 Å². The van der Waals surface area contributed by atoms with E-state index < -0.39 is 11.1 Å². The van der Waals surface area contributed by atoms with Gasteiger partial charge in [-0.05, 0) is 39.2 Å². The van der Waals surface area contributed by atoms with Crippen LogP contribution in [0.25, 0.3) is 0 Å². The highest BCUT2D eigenvalue weighted by atomic mass is 16.3. The molecule has 3 fully saturated rings. The van der Waals surface area contributed by atoms with E-state index in [1.54, 1.807) is 9.80 Å². The monoisotopic (exact) mass is 334 g/mol. The third-order valence-corrected chi connectivity index (χ3v) is 6.09. The molecule has 0 atom stereocenters. The number of amides is 2. The molecule has 0 unspecified atom stereocenters. The van der Waals surface area contributed by atoms with Crippen molar-refractivity contribution in [3.05, 3.63) is 0 Å². The Morgan fingerprint density at radius 3 is 2.42 bits per heavy atom. The molecular weight excluding hydrogens is 308 g/mol. The number of hydrogen-bond donors (Lipinski definition) is 1. The van der Waals surface area contributed by atoms with Gasteiger partial charge in [-0.15, -0.1) is 0 Å². The van der Waals surface area contributed by atoms with Crippen LogP contribution in [0.3, 0.4) is 0 Å². The first-order valence-corrected chi connectivity index (χ1v) is 8.78. The van der Waals surface area contributed by atoms with Gasteiger partial charge in [0, 0.05) is 26.2 Å². The standard InChI is InChI=1S/C17H26N4O3/c1-19-11-12-21(10-7-18)15(23)17(19)5-8-20(9-6-17)14(22)13-16(24)3-2-4-16/h24H,2-6,8-13H2,1H3. The Balaban J connectivity index is 1.63. The summed E-state index contributed by atoms with van der Waals surface area (Å²) < 4.78 is 0. The van der Waals surface area contributed by atoms with E-state index in [2.05, 4.69) is 11.0 Å². The Hall–Kier alpha value is -1.65. The lowest BCUT2D eigenvalue weighted by Crippen LogP contribution is -2.68. The van der Waals surface area contributed by atoms with Crippen LogP contribution in [-0.2, 0) is 9.59 Å². The fourth-order valence-electron chi connectivity index (χ4n) is 4.16. The molecule has 2 heterocycles. The summed E-state index contributed by atoms with van der Waals surface area (Å²) in [6, 6.07) is 2.06. The molecule has 1 aliphatic carbocycles. The average Bonchev–Trinajstić information content (AvgIpc) is 2.55. The van der Waals surface area contributed by atoms with Gasteiger partial charge in [0.1, 0.15) is 12.1 Å². The summed E-state index contributed by atoms with van der Waals surface area (Å²) in [5.74, 6) is 0.00867. The number of aliphatic hydroxyl groups is 1. The van der Waals surface area contributed by atoms with Gasteiger partial charge in [-0.3, -0.25) is 14.5 Å². The average molecular weight is 334 g/mol. The van der Waals surface area contributed by atoms with E-state index in [4.69, 9.17) is 5.26 Å². The van der Waals surface area contributed by atoms with Gasteiger partial charge in [0.25, 0.3) is 0 Å². The Morgan fingerprint density at radius 1 is 1.21 bits per heavy atom. The van der Waals surface area contributed by atoms with E-state index in [0.717, 1.165) is 13.0 Å². The summed E-state index contributed by atoms with van der Waals surface area (Å²) in [6.45, 7) is 2.53. The zero-order chi connectivity index (χ0) is 17.4. The highest BCUT2D eigenvalue weighted by molar-refractivity contribution is 5.88.